The lowest BCUT2D eigenvalue weighted by Crippen LogP contribution is -2.29. The first kappa shape index (κ1) is 18.2. The Morgan fingerprint density at radius 2 is 1.85 bits per heavy atom. The van der Waals surface area contributed by atoms with E-state index in [2.05, 4.69) is 19.1 Å². The fourth-order valence-corrected chi connectivity index (χ4v) is 4.87. The Bertz CT molecular complexity index is 1090. The summed E-state index contributed by atoms with van der Waals surface area (Å²) in [5.74, 6) is -0.0782. The smallest absolute Gasteiger partial charge is 0.270 e. The van der Waals surface area contributed by atoms with Gasteiger partial charge in [-0.3, -0.25) is 9.69 Å². The van der Waals surface area contributed by atoms with Gasteiger partial charge in [0.1, 0.15) is 0 Å². The molecule has 0 aliphatic heterocycles. The Labute approximate surface area is 170 Å². The number of fused-ring (bicyclic) bond motifs is 1. The van der Waals surface area contributed by atoms with E-state index in [4.69, 9.17) is 16.6 Å². The second kappa shape index (κ2) is 7.80. The number of rotatable bonds is 5. The minimum absolute atomic E-state index is 0.0782. The molecule has 0 bridgehead atoms. The van der Waals surface area contributed by atoms with Crippen LogP contribution in [0.5, 0.6) is 0 Å². The monoisotopic (exact) mass is 412 g/mol. The summed E-state index contributed by atoms with van der Waals surface area (Å²) >= 11 is 8.89. The maximum atomic E-state index is 13.2. The zero-order valence-electron chi connectivity index (χ0n) is 14.7. The van der Waals surface area contributed by atoms with Crippen molar-refractivity contribution in [3.63, 3.8) is 0 Å². The van der Waals surface area contributed by atoms with Gasteiger partial charge in [0.05, 0.1) is 26.0 Å². The number of thiophene rings is 1. The van der Waals surface area contributed by atoms with Gasteiger partial charge < -0.3 is 0 Å². The van der Waals surface area contributed by atoms with Crippen molar-refractivity contribution in [2.75, 3.05) is 4.90 Å². The molecular weight excluding hydrogens is 396 g/mol. The highest BCUT2D eigenvalue weighted by Crippen LogP contribution is 2.33. The molecule has 2 heterocycles. The van der Waals surface area contributed by atoms with Gasteiger partial charge in [0.15, 0.2) is 5.13 Å². The number of amides is 1. The van der Waals surface area contributed by atoms with E-state index in [1.165, 1.54) is 16.9 Å². The normalized spacial score (nSPS) is 11.0. The third-order valence-electron chi connectivity index (χ3n) is 4.29. The summed E-state index contributed by atoms with van der Waals surface area (Å²) in [6.07, 6.45) is 0.976. The fourth-order valence-electron chi connectivity index (χ4n) is 2.85. The number of aromatic nitrogens is 1. The second-order valence-electron chi connectivity index (χ2n) is 6.13. The minimum atomic E-state index is -0.0782. The molecule has 2 aromatic heterocycles. The van der Waals surface area contributed by atoms with E-state index in [1.54, 1.807) is 28.4 Å². The number of carbonyl (C=O) groups excluding carboxylic acids is 1. The SMILES string of the molecule is CCc1ccc2nc(N(Cc3ccccc3)C(=O)c3ccc(Cl)s3)sc2c1. The van der Waals surface area contributed by atoms with Crippen molar-refractivity contribution in [3.05, 3.63) is 81.0 Å². The molecule has 0 aliphatic rings. The van der Waals surface area contributed by atoms with Gasteiger partial charge in [0.2, 0.25) is 0 Å². The van der Waals surface area contributed by atoms with Crippen LogP contribution in [0.1, 0.15) is 27.7 Å². The average molecular weight is 413 g/mol. The Hall–Kier alpha value is -2.21. The molecule has 6 heteroatoms. The van der Waals surface area contributed by atoms with Gasteiger partial charge in [-0.15, -0.1) is 11.3 Å². The van der Waals surface area contributed by atoms with Crippen molar-refractivity contribution < 1.29 is 4.79 Å². The first-order chi connectivity index (χ1) is 13.1. The predicted octanol–water partition coefficient (Wildman–Crippen LogP) is 6.42. The Kier molecular flexibility index (Phi) is 5.25. The molecule has 4 aromatic rings. The third kappa shape index (κ3) is 3.90. The van der Waals surface area contributed by atoms with E-state index < -0.39 is 0 Å². The van der Waals surface area contributed by atoms with Gasteiger partial charge in [-0.2, -0.15) is 0 Å². The Morgan fingerprint density at radius 1 is 1.04 bits per heavy atom. The molecule has 2 aromatic carbocycles. The van der Waals surface area contributed by atoms with E-state index >= 15 is 0 Å². The topological polar surface area (TPSA) is 33.2 Å². The number of hydrogen-bond acceptors (Lipinski definition) is 4. The van der Waals surface area contributed by atoms with Crippen LogP contribution in [0.4, 0.5) is 5.13 Å². The molecule has 3 nitrogen and oxygen atoms in total. The van der Waals surface area contributed by atoms with Gasteiger partial charge in [-0.05, 0) is 41.8 Å². The van der Waals surface area contributed by atoms with Crippen molar-refractivity contribution >= 4 is 55.5 Å². The van der Waals surface area contributed by atoms with Crippen LogP contribution >= 0.6 is 34.3 Å². The van der Waals surface area contributed by atoms with Gasteiger partial charge >= 0.3 is 0 Å². The highest BCUT2D eigenvalue weighted by atomic mass is 35.5. The van der Waals surface area contributed by atoms with Crippen LogP contribution in [0.3, 0.4) is 0 Å². The summed E-state index contributed by atoms with van der Waals surface area (Å²) < 4.78 is 1.70. The van der Waals surface area contributed by atoms with Gasteiger partial charge in [0.25, 0.3) is 5.91 Å². The lowest BCUT2D eigenvalue weighted by molar-refractivity contribution is 0.0989. The van der Waals surface area contributed by atoms with E-state index in [0.29, 0.717) is 20.9 Å². The highest BCUT2D eigenvalue weighted by molar-refractivity contribution is 7.22. The molecule has 27 heavy (non-hydrogen) atoms. The zero-order chi connectivity index (χ0) is 18.8. The van der Waals surface area contributed by atoms with Crippen molar-refractivity contribution in [3.8, 4) is 0 Å². The third-order valence-corrected chi connectivity index (χ3v) is 6.55. The molecule has 0 radical (unpaired) electrons. The number of nitrogens with zero attached hydrogens (tertiary/aromatic N) is 2. The lowest BCUT2D eigenvalue weighted by atomic mass is 10.2. The summed E-state index contributed by atoms with van der Waals surface area (Å²) in [6, 6.07) is 19.8. The molecule has 136 valence electrons. The average Bonchev–Trinajstić information content (AvgIpc) is 3.31. The van der Waals surface area contributed by atoms with Gasteiger partial charge in [0, 0.05) is 0 Å². The first-order valence-corrected chi connectivity index (χ1v) is 10.7. The first-order valence-electron chi connectivity index (χ1n) is 8.64. The van der Waals surface area contributed by atoms with Crippen molar-refractivity contribution in [2.45, 2.75) is 19.9 Å². The minimum Gasteiger partial charge on any atom is -0.279 e. The van der Waals surface area contributed by atoms with Gasteiger partial charge in [-0.25, -0.2) is 4.98 Å². The number of benzene rings is 2. The van der Waals surface area contributed by atoms with Crippen LogP contribution in [-0.2, 0) is 13.0 Å². The van der Waals surface area contributed by atoms with Crippen molar-refractivity contribution in [1.82, 2.24) is 4.98 Å². The van der Waals surface area contributed by atoms with Crippen LogP contribution in [0, 0.1) is 0 Å². The largest absolute Gasteiger partial charge is 0.279 e. The van der Waals surface area contributed by atoms with Crippen LogP contribution in [0.2, 0.25) is 4.34 Å². The van der Waals surface area contributed by atoms with E-state index in [0.717, 1.165) is 22.2 Å². The summed E-state index contributed by atoms with van der Waals surface area (Å²) in [6.45, 7) is 2.60. The predicted molar refractivity (Wildman–Crippen MR) is 115 cm³/mol. The molecular formula is C21H17ClN2OS2. The summed E-state index contributed by atoms with van der Waals surface area (Å²) in [5.41, 5.74) is 3.24. The molecule has 0 saturated carbocycles. The van der Waals surface area contributed by atoms with E-state index in [1.807, 2.05) is 36.4 Å². The number of hydrogen-bond donors (Lipinski definition) is 0. The second-order valence-corrected chi connectivity index (χ2v) is 8.86. The highest BCUT2D eigenvalue weighted by Gasteiger charge is 2.23. The standard InChI is InChI=1S/C21H17ClN2OS2/c1-2-14-8-9-16-18(12-14)27-21(23-16)24(13-15-6-4-3-5-7-15)20(25)17-10-11-19(22)26-17/h3-12H,2,13H2,1H3. The molecule has 0 fully saturated rings. The summed E-state index contributed by atoms with van der Waals surface area (Å²) in [4.78, 5) is 20.3. The Morgan fingerprint density at radius 3 is 2.56 bits per heavy atom. The Balaban J connectivity index is 1.75. The van der Waals surface area contributed by atoms with E-state index in [-0.39, 0.29) is 5.91 Å². The molecule has 0 aliphatic carbocycles. The molecule has 0 saturated heterocycles. The summed E-state index contributed by atoms with van der Waals surface area (Å²) in [5, 5.41) is 0.705. The number of halogens is 1. The molecule has 0 atom stereocenters. The number of carbonyl (C=O) groups is 1. The fraction of sp³-hybridized carbons (Fsp3) is 0.143. The lowest BCUT2D eigenvalue weighted by Gasteiger charge is -2.19. The molecule has 4 rings (SSSR count). The number of anilines is 1. The van der Waals surface area contributed by atoms with Crippen LogP contribution < -0.4 is 4.90 Å². The zero-order valence-corrected chi connectivity index (χ0v) is 17.1. The maximum absolute atomic E-state index is 13.2. The number of thiazole rings is 1. The van der Waals surface area contributed by atoms with Gasteiger partial charge in [-0.1, -0.05) is 66.3 Å². The van der Waals surface area contributed by atoms with E-state index in [9.17, 15) is 4.79 Å². The molecule has 1 amide bonds. The molecule has 0 N–H and O–H groups in total. The summed E-state index contributed by atoms with van der Waals surface area (Å²) in [7, 11) is 0. The van der Waals surface area contributed by atoms with Crippen molar-refractivity contribution in [2.24, 2.45) is 0 Å². The number of aryl methyl sites for hydroxylation is 1. The molecule has 0 spiro atoms. The quantitative estimate of drug-likeness (QED) is 0.379. The van der Waals surface area contributed by atoms with Crippen LogP contribution in [0.25, 0.3) is 10.2 Å². The molecule has 0 unspecified atom stereocenters. The van der Waals surface area contributed by atoms with Crippen LogP contribution in [-0.4, -0.2) is 10.9 Å². The maximum Gasteiger partial charge on any atom is 0.270 e. The van der Waals surface area contributed by atoms with Crippen molar-refractivity contribution in [1.29, 1.82) is 0 Å². The van der Waals surface area contributed by atoms with Crippen LogP contribution in [0.15, 0.2) is 60.7 Å².